The van der Waals surface area contributed by atoms with Gasteiger partial charge in [0.1, 0.15) is 17.5 Å². The van der Waals surface area contributed by atoms with Gasteiger partial charge in [0.25, 0.3) is 5.91 Å². The van der Waals surface area contributed by atoms with Gasteiger partial charge in [0, 0.05) is 12.1 Å². The lowest BCUT2D eigenvalue weighted by Gasteiger charge is -2.33. The topological polar surface area (TPSA) is 84.9 Å². The lowest BCUT2D eigenvalue weighted by atomic mass is 10.1. The second kappa shape index (κ2) is 8.79. The van der Waals surface area contributed by atoms with Crippen molar-refractivity contribution in [1.82, 2.24) is 5.32 Å². The van der Waals surface area contributed by atoms with Crippen LogP contribution in [0.1, 0.15) is 35.7 Å². The van der Waals surface area contributed by atoms with E-state index in [9.17, 15) is 14.4 Å². The number of hydrogen-bond donors (Lipinski definition) is 1. The number of amides is 2. The molecule has 1 N–H and O–H groups in total. The minimum atomic E-state index is -0.705. The van der Waals surface area contributed by atoms with Crippen LogP contribution < -0.4 is 19.7 Å². The van der Waals surface area contributed by atoms with Crippen molar-refractivity contribution >= 4 is 23.3 Å². The molecule has 0 aromatic heterocycles. The van der Waals surface area contributed by atoms with Crippen LogP contribution in [0.25, 0.3) is 0 Å². The molecule has 2 amide bonds. The first-order valence-electron chi connectivity index (χ1n) is 10.5. The zero-order chi connectivity index (χ0) is 22.0. The van der Waals surface area contributed by atoms with Crippen LogP contribution in [0.2, 0.25) is 0 Å². The van der Waals surface area contributed by atoms with Crippen LogP contribution in [-0.2, 0) is 9.59 Å². The van der Waals surface area contributed by atoms with Gasteiger partial charge in [-0.1, -0.05) is 17.7 Å². The van der Waals surface area contributed by atoms with Crippen LogP contribution in [0.4, 0.5) is 5.69 Å². The number of carbonyl (C=O) groups excluding carboxylic acids is 3. The Balaban J connectivity index is 1.49. The molecule has 1 aliphatic carbocycles. The minimum absolute atomic E-state index is 0.131. The van der Waals surface area contributed by atoms with Crippen molar-refractivity contribution in [3.8, 4) is 11.5 Å². The first-order chi connectivity index (χ1) is 14.9. The van der Waals surface area contributed by atoms with Gasteiger partial charge in [-0.25, -0.2) is 0 Å². The molecule has 1 atom stereocenters. The van der Waals surface area contributed by atoms with Crippen LogP contribution >= 0.6 is 0 Å². The van der Waals surface area contributed by atoms with E-state index in [1.54, 1.807) is 25.1 Å². The molecule has 4 rings (SSSR count). The molecule has 2 aromatic carbocycles. The first-order valence-corrected chi connectivity index (χ1v) is 10.5. The predicted molar refractivity (Wildman–Crippen MR) is 116 cm³/mol. The number of benzene rings is 2. The van der Waals surface area contributed by atoms with E-state index in [0.29, 0.717) is 35.2 Å². The van der Waals surface area contributed by atoms with E-state index in [1.807, 2.05) is 31.2 Å². The highest BCUT2D eigenvalue weighted by Gasteiger charge is 2.34. The third kappa shape index (κ3) is 4.87. The Bertz CT molecular complexity index is 998. The lowest BCUT2D eigenvalue weighted by molar-refractivity contribution is -0.127. The summed E-state index contributed by atoms with van der Waals surface area (Å²) in [5.74, 6) is 0.860. The van der Waals surface area contributed by atoms with Gasteiger partial charge in [-0.2, -0.15) is 0 Å². The quantitative estimate of drug-likeness (QED) is 0.662. The average molecular weight is 422 g/mol. The van der Waals surface area contributed by atoms with Crippen LogP contribution in [0, 0.1) is 12.8 Å². The summed E-state index contributed by atoms with van der Waals surface area (Å²) in [6.07, 6.45) is 2.26. The summed E-state index contributed by atoms with van der Waals surface area (Å²) in [5.41, 5.74) is 1.92. The Kier molecular flexibility index (Phi) is 5.93. The number of ether oxygens (including phenoxy) is 2. The largest absolute Gasteiger partial charge is 0.485 e. The van der Waals surface area contributed by atoms with E-state index in [0.717, 1.165) is 18.4 Å². The molecule has 162 valence electrons. The number of hydrogen-bond acceptors (Lipinski definition) is 5. The molecule has 0 spiro atoms. The van der Waals surface area contributed by atoms with Gasteiger partial charge in [-0.05, 0) is 62.9 Å². The molecule has 1 saturated carbocycles. The minimum Gasteiger partial charge on any atom is -0.485 e. The summed E-state index contributed by atoms with van der Waals surface area (Å²) in [6.45, 7) is 4.02. The molecule has 7 heteroatoms. The van der Waals surface area contributed by atoms with Gasteiger partial charge in [0.05, 0.1) is 5.69 Å². The number of nitrogens with one attached hydrogen (secondary N) is 1. The van der Waals surface area contributed by atoms with E-state index >= 15 is 0 Å². The number of carbonyl (C=O) groups is 3. The number of nitrogens with zero attached hydrogens (tertiary/aromatic N) is 1. The maximum absolute atomic E-state index is 12.7. The number of ketones is 1. The molecular formula is C24H26N2O5. The summed E-state index contributed by atoms with van der Waals surface area (Å²) in [5, 5.41) is 2.91. The predicted octanol–water partition coefficient (Wildman–Crippen LogP) is 2.90. The third-order valence-corrected chi connectivity index (χ3v) is 5.58. The average Bonchev–Trinajstić information content (AvgIpc) is 3.60. The Morgan fingerprint density at radius 1 is 1.19 bits per heavy atom. The summed E-state index contributed by atoms with van der Waals surface area (Å²) in [7, 11) is 0. The molecule has 0 saturated heterocycles. The molecule has 0 bridgehead atoms. The molecule has 7 nitrogen and oxygen atoms in total. The zero-order valence-electron chi connectivity index (χ0n) is 17.7. The Labute approximate surface area is 181 Å². The fraction of sp³-hybridized carbons (Fsp3) is 0.375. The second-order valence-electron chi connectivity index (χ2n) is 8.12. The van der Waals surface area contributed by atoms with Gasteiger partial charge in [-0.3, -0.25) is 19.3 Å². The van der Waals surface area contributed by atoms with Crippen molar-refractivity contribution in [2.24, 2.45) is 5.92 Å². The van der Waals surface area contributed by atoms with E-state index in [2.05, 4.69) is 5.32 Å². The van der Waals surface area contributed by atoms with Crippen LogP contribution in [0.5, 0.6) is 11.5 Å². The molecule has 0 radical (unpaired) electrons. The van der Waals surface area contributed by atoms with Gasteiger partial charge in [-0.15, -0.1) is 0 Å². The Morgan fingerprint density at radius 2 is 1.94 bits per heavy atom. The first kappa shape index (κ1) is 20.9. The Hall–Kier alpha value is -3.35. The number of fused-ring (bicyclic) bond motifs is 1. The molecule has 2 aliphatic rings. The molecule has 0 unspecified atom stereocenters. The monoisotopic (exact) mass is 422 g/mol. The molecule has 1 heterocycles. The normalized spacial score (nSPS) is 16.2. The van der Waals surface area contributed by atoms with Crippen molar-refractivity contribution < 1.29 is 23.9 Å². The van der Waals surface area contributed by atoms with Crippen molar-refractivity contribution in [2.45, 2.75) is 32.7 Å². The highest BCUT2D eigenvalue weighted by molar-refractivity contribution is 6.05. The highest BCUT2D eigenvalue weighted by Crippen LogP contribution is 2.35. The fourth-order valence-electron chi connectivity index (χ4n) is 3.47. The van der Waals surface area contributed by atoms with Crippen LogP contribution in [-0.4, -0.2) is 43.4 Å². The third-order valence-electron chi connectivity index (χ3n) is 5.58. The number of aryl methyl sites for hydroxylation is 1. The summed E-state index contributed by atoms with van der Waals surface area (Å²) in [6, 6.07) is 11.6. The number of Topliss-reactive ketones (excluding diaryl/α,β-unsaturated/α-hetero) is 1. The van der Waals surface area contributed by atoms with Crippen molar-refractivity contribution in [1.29, 1.82) is 0 Å². The molecular weight excluding hydrogens is 396 g/mol. The van der Waals surface area contributed by atoms with Gasteiger partial charge >= 0.3 is 0 Å². The van der Waals surface area contributed by atoms with Gasteiger partial charge in [0.15, 0.2) is 19.0 Å². The van der Waals surface area contributed by atoms with Gasteiger partial charge < -0.3 is 14.8 Å². The van der Waals surface area contributed by atoms with E-state index in [-0.39, 0.29) is 30.8 Å². The standard InChI is InChI=1S/C24H26N2O5/c1-15-3-8-19(9-4-15)30-13-21(27)18-7-10-22-20(11-18)26(23(28)14-31-22)16(2)24(29)25-12-17-5-6-17/h3-4,7-11,16-17H,5-6,12-14H2,1-2H3,(H,25,29)/t16-/m1/s1. The summed E-state index contributed by atoms with van der Waals surface area (Å²) in [4.78, 5) is 39.3. The van der Waals surface area contributed by atoms with E-state index in [1.165, 1.54) is 4.90 Å². The van der Waals surface area contributed by atoms with Crippen LogP contribution in [0.3, 0.4) is 0 Å². The summed E-state index contributed by atoms with van der Waals surface area (Å²) < 4.78 is 11.1. The lowest BCUT2D eigenvalue weighted by Crippen LogP contribution is -2.51. The second-order valence-corrected chi connectivity index (χ2v) is 8.12. The highest BCUT2D eigenvalue weighted by atomic mass is 16.5. The zero-order valence-corrected chi connectivity index (χ0v) is 17.7. The molecule has 1 aliphatic heterocycles. The molecule has 2 aromatic rings. The van der Waals surface area contributed by atoms with Crippen molar-refractivity contribution in [2.75, 3.05) is 24.7 Å². The van der Waals surface area contributed by atoms with Crippen LogP contribution in [0.15, 0.2) is 42.5 Å². The Morgan fingerprint density at radius 3 is 2.65 bits per heavy atom. The molecule has 31 heavy (non-hydrogen) atoms. The van der Waals surface area contributed by atoms with Crippen molar-refractivity contribution in [3.63, 3.8) is 0 Å². The van der Waals surface area contributed by atoms with Crippen molar-refractivity contribution in [3.05, 3.63) is 53.6 Å². The smallest absolute Gasteiger partial charge is 0.265 e. The number of anilines is 1. The summed E-state index contributed by atoms with van der Waals surface area (Å²) >= 11 is 0. The number of rotatable bonds is 8. The van der Waals surface area contributed by atoms with E-state index < -0.39 is 6.04 Å². The van der Waals surface area contributed by atoms with E-state index in [4.69, 9.17) is 9.47 Å². The molecule has 1 fully saturated rings. The maximum Gasteiger partial charge on any atom is 0.265 e. The maximum atomic E-state index is 12.7. The SMILES string of the molecule is Cc1ccc(OCC(=O)c2ccc3c(c2)N([C@H](C)C(=O)NCC2CC2)C(=O)CO3)cc1. The fourth-order valence-corrected chi connectivity index (χ4v) is 3.47. The van der Waals surface area contributed by atoms with Gasteiger partial charge in [0.2, 0.25) is 5.91 Å².